The molecule has 0 radical (unpaired) electrons. The summed E-state index contributed by atoms with van der Waals surface area (Å²) in [6.07, 6.45) is 3.77. The number of nitrogens with one attached hydrogen (secondary N) is 2. The fraction of sp³-hybridized carbons (Fsp3) is 0.389. The molecule has 1 unspecified atom stereocenters. The van der Waals surface area contributed by atoms with Crippen LogP contribution in [0.1, 0.15) is 19.8 Å². The summed E-state index contributed by atoms with van der Waals surface area (Å²) in [7, 11) is 0. The maximum atomic E-state index is 11.9. The van der Waals surface area contributed by atoms with Crippen LogP contribution in [0, 0.1) is 5.92 Å². The van der Waals surface area contributed by atoms with E-state index in [4.69, 9.17) is 10.5 Å². The highest BCUT2D eigenvalue weighted by Gasteiger charge is 2.21. The van der Waals surface area contributed by atoms with Gasteiger partial charge in [0.25, 0.3) is 5.91 Å². The summed E-state index contributed by atoms with van der Waals surface area (Å²) in [6.45, 7) is 3.94. The average Bonchev–Trinajstić information content (AvgIpc) is 2.66. The number of amides is 1. The Morgan fingerprint density at radius 1 is 1.35 bits per heavy atom. The Kier molecular flexibility index (Phi) is 5.73. The van der Waals surface area contributed by atoms with Crippen molar-refractivity contribution in [1.82, 2.24) is 15.4 Å². The zero-order valence-electron chi connectivity index (χ0n) is 14.8. The Balaban J connectivity index is 1.56. The summed E-state index contributed by atoms with van der Waals surface area (Å²) in [5, 5.41) is 0. The molecule has 2 aromatic rings. The first kappa shape index (κ1) is 17.8. The minimum absolute atomic E-state index is 0.113. The lowest BCUT2D eigenvalue weighted by Crippen LogP contribution is -2.36. The predicted octanol–water partition coefficient (Wildman–Crippen LogP) is 1.82. The van der Waals surface area contributed by atoms with Crippen molar-refractivity contribution < 1.29 is 9.53 Å². The number of piperidine rings is 1. The number of para-hydroxylation sites is 1. The molecule has 4 N–H and O–H groups in total. The predicted molar refractivity (Wildman–Crippen MR) is 101 cm³/mol. The van der Waals surface area contributed by atoms with E-state index in [1.165, 1.54) is 12.7 Å². The second-order valence-electron chi connectivity index (χ2n) is 6.43. The summed E-state index contributed by atoms with van der Waals surface area (Å²) >= 11 is 0. The number of hydrazine groups is 1. The van der Waals surface area contributed by atoms with Crippen LogP contribution in [0.3, 0.4) is 0 Å². The van der Waals surface area contributed by atoms with Gasteiger partial charge in [-0.3, -0.25) is 15.6 Å². The van der Waals surface area contributed by atoms with Crippen molar-refractivity contribution in [3.05, 3.63) is 36.7 Å². The van der Waals surface area contributed by atoms with E-state index in [1.54, 1.807) is 12.1 Å². The van der Waals surface area contributed by atoms with Crippen LogP contribution < -0.4 is 26.2 Å². The van der Waals surface area contributed by atoms with Gasteiger partial charge in [-0.05, 0) is 30.9 Å². The third-order valence-electron chi connectivity index (χ3n) is 4.25. The molecule has 1 fully saturated rings. The minimum atomic E-state index is -0.333. The van der Waals surface area contributed by atoms with Crippen LogP contribution in [0.4, 0.5) is 17.3 Å². The van der Waals surface area contributed by atoms with Gasteiger partial charge in [0.1, 0.15) is 17.8 Å². The van der Waals surface area contributed by atoms with Gasteiger partial charge in [-0.1, -0.05) is 25.1 Å². The number of anilines is 3. The highest BCUT2D eigenvalue weighted by molar-refractivity contribution is 5.81. The molecule has 1 atom stereocenters. The second-order valence-corrected chi connectivity index (χ2v) is 6.43. The fourth-order valence-corrected chi connectivity index (χ4v) is 2.95. The van der Waals surface area contributed by atoms with Gasteiger partial charge < -0.3 is 15.4 Å². The van der Waals surface area contributed by atoms with Gasteiger partial charge in [0, 0.05) is 13.1 Å². The molecule has 1 aromatic heterocycles. The molecule has 3 rings (SSSR count). The summed E-state index contributed by atoms with van der Waals surface area (Å²) in [5.74, 6) is 1.97. The lowest BCUT2D eigenvalue weighted by atomic mass is 10.0. The van der Waals surface area contributed by atoms with Gasteiger partial charge in [-0.2, -0.15) is 0 Å². The van der Waals surface area contributed by atoms with Crippen molar-refractivity contribution in [2.45, 2.75) is 19.8 Å². The Morgan fingerprint density at radius 2 is 2.15 bits per heavy atom. The Bertz CT molecular complexity index is 740. The number of hydrogen-bond acceptors (Lipinski definition) is 7. The molecular weight excluding hydrogens is 332 g/mol. The van der Waals surface area contributed by atoms with Gasteiger partial charge in [0.05, 0.1) is 0 Å². The molecule has 1 aliphatic rings. The number of rotatable bonds is 6. The first-order valence-electron chi connectivity index (χ1n) is 8.71. The van der Waals surface area contributed by atoms with Crippen molar-refractivity contribution >= 4 is 23.2 Å². The van der Waals surface area contributed by atoms with Crippen LogP contribution in [0.2, 0.25) is 0 Å². The van der Waals surface area contributed by atoms with Gasteiger partial charge in [-0.25, -0.2) is 9.97 Å². The number of ether oxygens (including phenoxy) is 1. The molecule has 8 heteroatoms. The standard InChI is InChI=1S/C18H24N6O2/c1-13-6-5-9-24(10-13)18-16(19)17(20-12-21-18)23-22-15(25)11-26-14-7-3-2-4-8-14/h2-4,7-8,12-13H,5-6,9-11,19H2,1H3,(H,22,25)(H,20,21,23). The molecule has 0 saturated carbocycles. The summed E-state index contributed by atoms with van der Waals surface area (Å²) in [5.41, 5.74) is 11.9. The number of carbonyl (C=O) groups excluding carboxylic acids is 1. The Hall–Kier alpha value is -3.03. The molecule has 1 saturated heterocycles. The summed E-state index contributed by atoms with van der Waals surface area (Å²) in [4.78, 5) is 22.5. The van der Waals surface area contributed by atoms with Crippen molar-refractivity contribution in [2.75, 3.05) is 35.8 Å². The number of aromatic nitrogens is 2. The van der Waals surface area contributed by atoms with Gasteiger partial charge >= 0.3 is 0 Å². The number of hydrogen-bond donors (Lipinski definition) is 3. The molecule has 1 amide bonds. The quantitative estimate of drug-likeness (QED) is 0.678. The second kappa shape index (κ2) is 8.37. The minimum Gasteiger partial charge on any atom is -0.484 e. The monoisotopic (exact) mass is 356 g/mol. The highest BCUT2D eigenvalue weighted by atomic mass is 16.5. The topological polar surface area (TPSA) is 105 Å². The summed E-state index contributed by atoms with van der Waals surface area (Å²) in [6, 6.07) is 9.14. The van der Waals surface area contributed by atoms with E-state index in [2.05, 4.69) is 32.6 Å². The molecule has 0 aliphatic carbocycles. The molecule has 138 valence electrons. The number of nitrogens with zero attached hydrogens (tertiary/aromatic N) is 3. The average molecular weight is 356 g/mol. The molecule has 1 aliphatic heterocycles. The fourth-order valence-electron chi connectivity index (χ4n) is 2.95. The maximum Gasteiger partial charge on any atom is 0.276 e. The van der Waals surface area contributed by atoms with Crippen LogP contribution in [-0.2, 0) is 4.79 Å². The number of nitrogen functional groups attached to an aromatic ring is 1. The van der Waals surface area contributed by atoms with Gasteiger partial charge in [0.15, 0.2) is 18.2 Å². The SMILES string of the molecule is CC1CCCN(c2ncnc(NNC(=O)COc3ccccc3)c2N)C1. The van der Waals surface area contributed by atoms with Crippen LogP contribution >= 0.6 is 0 Å². The van der Waals surface area contributed by atoms with Crippen LogP contribution in [0.5, 0.6) is 5.75 Å². The molecular formula is C18H24N6O2. The van der Waals surface area contributed by atoms with Crippen LogP contribution in [0.25, 0.3) is 0 Å². The van der Waals surface area contributed by atoms with E-state index in [-0.39, 0.29) is 12.5 Å². The Morgan fingerprint density at radius 3 is 2.92 bits per heavy atom. The molecule has 26 heavy (non-hydrogen) atoms. The first-order valence-corrected chi connectivity index (χ1v) is 8.71. The largest absolute Gasteiger partial charge is 0.484 e. The van der Waals surface area contributed by atoms with E-state index < -0.39 is 0 Å². The zero-order valence-corrected chi connectivity index (χ0v) is 14.8. The maximum absolute atomic E-state index is 11.9. The van der Waals surface area contributed by atoms with Crippen LogP contribution in [-0.4, -0.2) is 35.6 Å². The van der Waals surface area contributed by atoms with E-state index in [1.807, 2.05) is 18.2 Å². The normalized spacial score (nSPS) is 16.8. The van der Waals surface area contributed by atoms with E-state index >= 15 is 0 Å². The van der Waals surface area contributed by atoms with Crippen molar-refractivity contribution in [1.29, 1.82) is 0 Å². The first-order chi connectivity index (χ1) is 12.6. The lowest BCUT2D eigenvalue weighted by Gasteiger charge is -2.32. The van der Waals surface area contributed by atoms with Crippen LogP contribution in [0.15, 0.2) is 36.7 Å². The Labute approximate surface area is 152 Å². The number of carbonyl (C=O) groups is 1. The van der Waals surface area contributed by atoms with E-state index in [0.717, 1.165) is 19.5 Å². The molecule has 8 nitrogen and oxygen atoms in total. The molecule has 0 bridgehead atoms. The molecule has 0 spiro atoms. The number of benzene rings is 1. The van der Waals surface area contributed by atoms with Gasteiger partial charge in [-0.15, -0.1) is 0 Å². The lowest BCUT2D eigenvalue weighted by molar-refractivity contribution is -0.122. The third-order valence-corrected chi connectivity index (χ3v) is 4.25. The third kappa shape index (κ3) is 4.53. The smallest absolute Gasteiger partial charge is 0.276 e. The highest BCUT2D eigenvalue weighted by Crippen LogP contribution is 2.29. The molecule has 1 aromatic carbocycles. The van der Waals surface area contributed by atoms with Gasteiger partial charge in [0.2, 0.25) is 0 Å². The zero-order chi connectivity index (χ0) is 18.4. The summed E-state index contributed by atoms with van der Waals surface area (Å²) < 4.78 is 5.39. The van der Waals surface area contributed by atoms with Crippen molar-refractivity contribution in [3.8, 4) is 5.75 Å². The van der Waals surface area contributed by atoms with Crippen molar-refractivity contribution in [2.24, 2.45) is 5.92 Å². The number of nitrogens with two attached hydrogens (primary N) is 1. The van der Waals surface area contributed by atoms with Crippen molar-refractivity contribution in [3.63, 3.8) is 0 Å². The molecule has 2 heterocycles. The van der Waals surface area contributed by atoms with E-state index in [9.17, 15) is 4.79 Å². The van der Waals surface area contributed by atoms with E-state index in [0.29, 0.717) is 29.0 Å².